The SMILES string of the molecule is CC(C)(CCNC(=O)c1cc(C2CC2)nc2ccccc12)C(=O)O. The first-order valence-electron chi connectivity index (χ1n) is 8.30. The summed E-state index contributed by atoms with van der Waals surface area (Å²) in [7, 11) is 0. The monoisotopic (exact) mass is 326 g/mol. The number of carbonyl (C=O) groups excluding carboxylic acids is 1. The Morgan fingerprint density at radius 3 is 2.67 bits per heavy atom. The first-order valence-corrected chi connectivity index (χ1v) is 8.30. The molecule has 1 fully saturated rings. The average molecular weight is 326 g/mol. The molecule has 1 saturated carbocycles. The Kier molecular flexibility index (Phi) is 4.26. The minimum Gasteiger partial charge on any atom is -0.481 e. The normalized spacial score (nSPS) is 14.6. The number of aromatic nitrogens is 1. The van der Waals surface area contributed by atoms with Gasteiger partial charge in [0.2, 0.25) is 0 Å². The molecule has 2 N–H and O–H groups in total. The Morgan fingerprint density at radius 2 is 2.00 bits per heavy atom. The summed E-state index contributed by atoms with van der Waals surface area (Å²) in [5, 5.41) is 12.8. The van der Waals surface area contributed by atoms with E-state index in [0.717, 1.165) is 29.4 Å². The number of hydrogen-bond acceptors (Lipinski definition) is 3. The molecule has 0 atom stereocenters. The number of hydrogen-bond donors (Lipinski definition) is 2. The highest BCUT2D eigenvalue weighted by atomic mass is 16.4. The fourth-order valence-corrected chi connectivity index (χ4v) is 2.66. The van der Waals surface area contributed by atoms with E-state index < -0.39 is 11.4 Å². The molecule has 1 aromatic heterocycles. The van der Waals surface area contributed by atoms with E-state index in [1.807, 2.05) is 30.3 Å². The Bertz CT molecular complexity index is 794. The summed E-state index contributed by atoms with van der Waals surface area (Å²) in [4.78, 5) is 28.4. The third-order valence-electron chi connectivity index (χ3n) is 4.59. The number of carbonyl (C=O) groups is 2. The maximum absolute atomic E-state index is 12.6. The molecular weight excluding hydrogens is 304 g/mol. The van der Waals surface area contributed by atoms with E-state index in [2.05, 4.69) is 10.3 Å². The molecule has 0 radical (unpaired) electrons. The van der Waals surface area contributed by atoms with Gasteiger partial charge in [-0.25, -0.2) is 0 Å². The van der Waals surface area contributed by atoms with Crippen LogP contribution in [0.5, 0.6) is 0 Å². The molecule has 1 heterocycles. The van der Waals surface area contributed by atoms with E-state index in [1.165, 1.54) is 0 Å². The van der Waals surface area contributed by atoms with Crippen molar-refractivity contribution in [3.05, 3.63) is 41.6 Å². The van der Waals surface area contributed by atoms with Gasteiger partial charge in [-0.15, -0.1) is 0 Å². The minimum absolute atomic E-state index is 0.170. The smallest absolute Gasteiger partial charge is 0.309 e. The van der Waals surface area contributed by atoms with Gasteiger partial charge < -0.3 is 10.4 Å². The lowest BCUT2D eigenvalue weighted by Crippen LogP contribution is -2.32. The van der Waals surface area contributed by atoms with Crippen molar-refractivity contribution in [1.82, 2.24) is 10.3 Å². The number of nitrogens with one attached hydrogen (secondary N) is 1. The molecular formula is C19H22N2O3. The highest BCUT2D eigenvalue weighted by Gasteiger charge is 2.28. The zero-order valence-electron chi connectivity index (χ0n) is 14.0. The molecule has 0 aliphatic heterocycles. The topological polar surface area (TPSA) is 79.3 Å². The molecule has 0 spiro atoms. The molecule has 1 aliphatic rings. The van der Waals surface area contributed by atoms with Crippen molar-refractivity contribution in [3.63, 3.8) is 0 Å². The molecule has 1 amide bonds. The van der Waals surface area contributed by atoms with Gasteiger partial charge in [-0.3, -0.25) is 14.6 Å². The molecule has 1 aromatic carbocycles. The molecule has 1 aliphatic carbocycles. The number of benzene rings is 1. The van der Waals surface area contributed by atoms with Gasteiger partial charge in [0.25, 0.3) is 5.91 Å². The fourth-order valence-electron chi connectivity index (χ4n) is 2.66. The number of nitrogens with zero attached hydrogens (tertiary/aromatic N) is 1. The van der Waals surface area contributed by atoms with Crippen LogP contribution in [-0.2, 0) is 4.79 Å². The van der Waals surface area contributed by atoms with Crippen LogP contribution in [0.15, 0.2) is 30.3 Å². The minimum atomic E-state index is -0.859. The fraction of sp³-hybridized carbons (Fsp3) is 0.421. The van der Waals surface area contributed by atoms with Gasteiger partial charge in [-0.1, -0.05) is 18.2 Å². The van der Waals surface area contributed by atoms with Crippen LogP contribution in [-0.4, -0.2) is 28.5 Å². The number of carboxylic acid groups (broad SMARTS) is 1. The third kappa shape index (κ3) is 3.40. The van der Waals surface area contributed by atoms with E-state index in [-0.39, 0.29) is 5.91 Å². The Morgan fingerprint density at radius 1 is 1.29 bits per heavy atom. The van der Waals surface area contributed by atoms with Crippen LogP contribution < -0.4 is 5.32 Å². The second-order valence-electron chi connectivity index (χ2n) is 7.08. The quantitative estimate of drug-likeness (QED) is 0.853. The number of pyridine rings is 1. The van der Waals surface area contributed by atoms with Crippen molar-refractivity contribution < 1.29 is 14.7 Å². The zero-order chi connectivity index (χ0) is 17.3. The van der Waals surface area contributed by atoms with Gasteiger partial charge in [0.1, 0.15) is 0 Å². The summed E-state index contributed by atoms with van der Waals surface area (Å²) in [6.45, 7) is 3.65. The van der Waals surface area contributed by atoms with Crippen LogP contribution in [0.25, 0.3) is 10.9 Å². The number of aliphatic carboxylic acids is 1. The molecule has 126 valence electrons. The van der Waals surface area contributed by atoms with Gasteiger partial charge >= 0.3 is 5.97 Å². The van der Waals surface area contributed by atoms with Crippen molar-refractivity contribution in [1.29, 1.82) is 0 Å². The van der Waals surface area contributed by atoms with Crippen LogP contribution >= 0.6 is 0 Å². The van der Waals surface area contributed by atoms with Crippen LogP contribution in [0, 0.1) is 5.41 Å². The van der Waals surface area contributed by atoms with Crippen LogP contribution in [0.1, 0.15) is 55.1 Å². The van der Waals surface area contributed by atoms with Gasteiger partial charge in [0.15, 0.2) is 0 Å². The predicted octanol–water partition coefficient (Wildman–Crippen LogP) is 3.34. The number of fused-ring (bicyclic) bond motifs is 1. The number of rotatable bonds is 6. The van der Waals surface area contributed by atoms with Crippen LogP contribution in [0.4, 0.5) is 0 Å². The van der Waals surface area contributed by atoms with Gasteiger partial charge in [-0.2, -0.15) is 0 Å². The second kappa shape index (κ2) is 6.23. The van der Waals surface area contributed by atoms with Crippen molar-refractivity contribution in [2.75, 3.05) is 6.54 Å². The standard InChI is InChI=1S/C19H22N2O3/c1-19(2,18(23)24)9-10-20-17(22)14-11-16(12-7-8-12)21-15-6-4-3-5-13(14)15/h3-6,11-12H,7-10H2,1-2H3,(H,20,22)(H,23,24). The molecule has 5 nitrogen and oxygen atoms in total. The van der Waals surface area contributed by atoms with Crippen LogP contribution in [0.2, 0.25) is 0 Å². The molecule has 0 bridgehead atoms. The molecule has 24 heavy (non-hydrogen) atoms. The maximum atomic E-state index is 12.6. The number of carboxylic acids is 1. The lowest BCUT2D eigenvalue weighted by Gasteiger charge is -2.19. The summed E-state index contributed by atoms with van der Waals surface area (Å²) in [5.74, 6) is -0.564. The van der Waals surface area contributed by atoms with E-state index in [4.69, 9.17) is 5.11 Å². The summed E-state index contributed by atoms with van der Waals surface area (Å²) in [5.41, 5.74) is 1.57. The van der Waals surface area contributed by atoms with Crippen molar-refractivity contribution in [3.8, 4) is 0 Å². The zero-order valence-corrected chi connectivity index (χ0v) is 14.0. The summed E-state index contributed by atoms with van der Waals surface area (Å²) in [6, 6.07) is 9.52. The lowest BCUT2D eigenvalue weighted by atomic mass is 9.89. The van der Waals surface area contributed by atoms with Crippen LogP contribution in [0.3, 0.4) is 0 Å². The van der Waals surface area contributed by atoms with E-state index >= 15 is 0 Å². The summed E-state index contributed by atoms with van der Waals surface area (Å²) >= 11 is 0. The first-order chi connectivity index (χ1) is 11.4. The third-order valence-corrected chi connectivity index (χ3v) is 4.59. The van der Waals surface area contributed by atoms with E-state index in [0.29, 0.717) is 24.4 Å². The average Bonchev–Trinajstić information content (AvgIpc) is 3.38. The maximum Gasteiger partial charge on any atom is 0.309 e. The summed E-state index contributed by atoms with van der Waals surface area (Å²) < 4.78 is 0. The highest BCUT2D eigenvalue weighted by Crippen LogP contribution is 2.40. The number of para-hydroxylation sites is 1. The molecule has 0 saturated heterocycles. The Hall–Kier alpha value is -2.43. The van der Waals surface area contributed by atoms with Crippen molar-refractivity contribution >= 4 is 22.8 Å². The predicted molar refractivity (Wildman–Crippen MR) is 92.1 cm³/mol. The Labute approximate surface area is 141 Å². The van der Waals surface area contributed by atoms with Gasteiger partial charge in [0, 0.05) is 23.5 Å². The molecule has 5 heteroatoms. The molecule has 3 rings (SSSR count). The van der Waals surface area contributed by atoms with Crippen molar-refractivity contribution in [2.24, 2.45) is 5.41 Å². The van der Waals surface area contributed by atoms with E-state index in [9.17, 15) is 9.59 Å². The van der Waals surface area contributed by atoms with Gasteiger partial charge in [-0.05, 0) is 45.2 Å². The van der Waals surface area contributed by atoms with Crippen molar-refractivity contribution in [2.45, 2.75) is 39.0 Å². The number of amides is 1. The van der Waals surface area contributed by atoms with Gasteiger partial charge in [0.05, 0.1) is 16.5 Å². The molecule has 0 unspecified atom stereocenters. The Balaban J connectivity index is 1.80. The highest BCUT2D eigenvalue weighted by molar-refractivity contribution is 6.06. The lowest BCUT2D eigenvalue weighted by molar-refractivity contribution is -0.147. The largest absolute Gasteiger partial charge is 0.481 e. The second-order valence-corrected chi connectivity index (χ2v) is 7.08. The summed E-state index contributed by atoms with van der Waals surface area (Å²) in [6.07, 6.45) is 2.63. The first kappa shape index (κ1) is 16.4. The van der Waals surface area contributed by atoms with E-state index in [1.54, 1.807) is 13.8 Å². The molecule has 2 aromatic rings.